The first-order valence-electron chi connectivity index (χ1n) is 14.4. The van der Waals surface area contributed by atoms with Gasteiger partial charge in [-0.15, -0.1) is 0 Å². The zero-order valence-electron chi connectivity index (χ0n) is 23.0. The van der Waals surface area contributed by atoms with E-state index in [1.807, 2.05) is 36.4 Å². The molecule has 2 aromatic heterocycles. The van der Waals surface area contributed by atoms with Gasteiger partial charge in [0.1, 0.15) is 17.3 Å². The number of nitrogens with zero attached hydrogens (tertiary/aromatic N) is 1. The summed E-state index contributed by atoms with van der Waals surface area (Å²) in [7, 11) is 0. The maximum atomic E-state index is 13.8. The Bertz CT molecular complexity index is 1480. The predicted octanol–water partition coefficient (Wildman–Crippen LogP) is 4.65. The second-order valence-electron chi connectivity index (χ2n) is 10.9. The lowest BCUT2D eigenvalue weighted by atomic mass is 9.84. The number of aromatic hydroxyl groups is 1. The van der Waals surface area contributed by atoms with Gasteiger partial charge in [0, 0.05) is 24.7 Å². The minimum absolute atomic E-state index is 0.211. The van der Waals surface area contributed by atoms with Crippen LogP contribution in [0.5, 0.6) is 5.75 Å². The molecular weight excluding hydrogens is 520 g/mol. The molecule has 0 saturated heterocycles. The Balaban J connectivity index is 1.35. The second-order valence-corrected chi connectivity index (χ2v) is 10.9. The van der Waals surface area contributed by atoms with Crippen molar-refractivity contribution in [2.24, 2.45) is 5.92 Å². The number of nitrogens with one attached hydrogen (secondary N) is 3. The van der Waals surface area contributed by atoms with Crippen LogP contribution in [0.25, 0.3) is 11.1 Å². The van der Waals surface area contributed by atoms with Gasteiger partial charge in [-0.05, 0) is 55.0 Å². The molecule has 1 fully saturated rings. The Hall–Kier alpha value is -4.40. The van der Waals surface area contributed by atoms with Gasteiger partial charge in [0.05, 0.1) is 5.56 Å². The molecule has 1 unspecified atom stereocenters. The van der Waals surface area contributed by atoms with E-state index in [-0.39, 0.29) is 28.8 Å². The van der Waals surface area contributed by atoms with E-state index in [0.717, 1.165) is 36.8 Å². The fourth-order valence-electron chi connectivity index (χ4n) is 5.58. The summed E-state index contributed by atoms with van der Waals surface area (Å²) in [5.41, 5.74) is 2.20. The van der Waals surface area contributed by atoms with Crippen LogP contribution in [0.3, 0.4) is 0 Å². The van der Waals surface area contributed by atoms with Crippen molar-refractivity contribution >= 4 is 22.9 Å². The number of aromatic amines is 1. The highest BCUT2D eigenvalue weighted by molar-refractivity contribution is 5.97. The molecular formula is C32H36N4O5. The predicted molar refractivity (Wildman–Crippen MR) is 156 cm³/mol. The number of pyridine rings is 1. The van der Waals surface area contributed by atoms with E-state index < -0.39 is 11.9 Å². The molecule has 2 amide bonds. The minimum atomic E-state index is -0.742. The quantitative estimate of drug-likeness (QED) is 0.212. The van der Waals surface area contributed by atoms with Gasteiger partial charge in [-0.2, -0.15) is 0 Å². The molecule has 0 bridgehead atoms. The summed E-state index contributed by atoms with van der Waals surface area (Å²) in [5, 5.41) is 16.4. The molecule has 2 heterocycles. The van der Waals surface area contributed by atoms with Crippen molar-refractivity contribution in [2.75, 3.05) is 0 Å². The normalized spacial score (nSPS) is 15.3. The molecule has 1 aliphatic rings. The highest BCUT2D eigenvalue weighted by Gasteiger charge is 2.28. The molecule has 1 saturated carbocycles. The monoisotopic (exact) mass is 556 g/mol. The number of amides is 2. The van der Waals surface area contributed by atoms with Gasteiger partial charge in [-0.25, -0.2) is 4.98 Å². The summed E-state index contributed by atoms with van der Waals surface area (Å²) < 4.78 is 5.96. The summed E-state index contributed by atoms with van der Waals surface area (Å²) >= 11 is 0. The number of hydrogen-bond donors (Lipinski definition) is 4. The maximum absolute atomic E-state index is 13.8. The van der Waals surface area contributed by atoms with Gasteiger partial charge in [0.2, 0.25) is 11.5 Å². The van der Waals surface area contributed by atoms with Gasteiger partial charge in [0.15, 0.2) is 11.5 Å². The van der Waals surface area contributed by atoms with Crippen LogP contribution in [0.2, 0.25) is 0 Å². The zero-order chi connectivity index (χ0) is 28.6. The number of hydrogen-bond acceptors (Lipinski definition) is 6. The Morgan fingerprint density at radius 2 is 1.78 bits per heavy atom. The van der Waals surface area contributed by atoms with E-state index in [1.54, 1.807) is 12.1 Å². The zero-order valence-corrected chi connectivity index (χ0v) is 23.0. The molecule has 2 atom stereocenters. The number of fused-ring (bicyclic) bond motifs is 1. The lowest BCUT2D eigenvalue weighted by molar-refractivity contribution is -0.124. The first kappa shape index (κ1) is 28.1. The third-order valence-corrected chi connectivity index (χ3v) is 7.82. The number of aromatic nitrogens is 2. The summed E-state index contributed by atoms with van der Waals surface area (Å²) in [5.74, 6) is 0.374. The van der Waals surface area contributed by atoms with E-state index in [2.05, 4.69) is 20.6 Å². The molecule has 0 radical (unpaired) electrons. The molecule has 41 heavy (non-hydrogen) atoms. The number of phenols is 1. The first-order valence-corrected chi connectivity index (χ1v) is 14.4. The highest BCUT2D eigenvalue weighted by atomic mass is 16.3. The number of phenolic OH excluding ortho intramolecular Hbond substituents is 1. The van der Waals surface area contributed by atoms with Crippen molar-refractivity contribution in [2.45, 2.75) is 69.9 Å². The van der Waals surface area contributed by atoms with Gasteiger partial charge >= 0.3 is 0 Å². The number of H-pyrrole nitrogens is 1. The largest absolute Gasteiger partial charge is 0.508 e. The van der Waals surface area contributed by atoms with Gasteiger partial charge in [0.25, 0.3) is 5.91 Å². The summed E-state index contributed by atoms with van der Waals surface area (Å²) in [6.07, 6.45) is 8.80. The summed E-state index contributed by atoms with van der Waals surface area (Å²) in [4.78, 5) is 45.5. The maximum Gasteiger partial charge on any atom is 0.253 e. The molecule has 2 aromatic carbocycles. The SMILES string of the molecule is O=C(N[C@@H](CC1CCCCC1)C(=O)NC(CCc1ccccc1O)Cc1nc2ccccc2o1)c1ccc(=O)[nH]c1. The highest BCUT2D eigenvalue weighted by Crippen LogP contribution is 2.28. The van der Waals surface area contributed by atoms with E-state index in [4.69, 9.17) is 4.42 Å². The van der Waals surface area contributed by atoms with E-state index in [9.17, 15) is 19.5 Å². The van der Waals surface area contributed by atoms with Crippen molar-refractivity contribution in [3.63, 3.8) is 0 Å². The fraction of sp³-hybridized carbons (Fsp3) is 0.375. The smallest absolute Gasteiger partial charge is 0.253 e. The summed E-state index contributed by atoms with van der Waals surface area (Å²) in [6.45, 7) is 0. The molecule has 9 nitrogen and oxygen atoms in total. The number of rotatable bonds is 11. The van der Waals surface area contributed by atoms with E-state index in [1.165, 1.54) is 24.8 Å². The average Bonchev–Trinajstić information content (AvgIpc) is 3.39. The fourth-order valence-corrected chi connectivity index (χ4v) is 5.58. The van der Waals surface area contributed by atoms with Gasteiger partial charge in [-0.3, -0.25) is 14.4 Å². The van der Waals surface area contributed by atoms with Crippen LogP contribution in [0, 0.1) is 5.92 Å². The molecule has 0 spiro atoms. The van der Waals surface area contributed by atoms with Crippen molar-refractivity contribution in [1.82, 2.24) is 20.6 Å². The average molecular weight is 557 g/mol. The van der Waals surface area contributed by atoms with Crippen LogP contribution in [-0.4, -0.2) is 39.0 Å². The molecule has 4 aromatic rings. The number of carbonyl (C=O) groups excluding carboxylic acids is 2. The van der Waals surface area contributed by atoms with Crippen LogP contribution in [0.15, 0.2) is 76.1 Å². The van der Waals surface area contributed by atoms with Crippen LogP contribution >= 0.6 is 0 Å². The topological polar surface area (TPSA) is 137 Å². The molecule has 0 aliphatic heterocycles. The Labute approximate surface area is 238 Å². The van der Waals surface area contributed by atoms with Crippen molar-refractivity contribution in [3.8, 4) is 5.75 Å². The third-order valence-electron chi connectivity index (χ3n) is 7.82. The molecule has 5 rings (SSSR count). The minimum Gasteiger partial charge on any atom is -0.508 e. The number of aryl methyl sites for hydroxylation is 1. The number of benzene rings is 2. The van der Waals surface area contributed by atoms with Crippen LogP contribution in [0.1, 0.15) is 66.8 Å². The standard InChI is InChI=1S/C32H36N4O5/c37-27-12-6-4-10-22(27)14-16-24(19-30-35-25-11-5-7-13-28(25)41-30)34-32(40)26(18-21-8-2-1-3-9-21)36-31(39)23-15-17-29(38)33-20-23/h4-7,10-13,15,17,20-21,24,26,37H,1-3,8-9,14,16,18-19H2,(H,33,38)(H,34,40)(H,36,39)/t24?,26-/m0/s1. The van der Waals surface area contributed by atoms with Gasteiger partial charge < -0.3 is 25.1 Å². The lowest BCUT2D eigenvalue weighted by Crippen LogP contribution is -2.51. The van der Waals surface area contributed by atoms with E-state index >= 15 is 0 Å². The second kappa shape index (κ2) is 13.3. The van der Waals surface area contributed by atoms with Crippen LogP contribution in [0.4, 0.5) is 0 Å². The van der Waals surface area contributed by atoms with E-state index in [0.29, 0.717) is 43.1 Å². The number of oxazole rings is 1. The van der Waals surface area contributed by atoms with Crippen molar-refractivity contribution in [1.29, 1.82) is 0 Å². The molecule has 4 N–H and O–H groups in total. The Morgan fingerprint density at radius 3 is 2.54 bits per heavy atom. The Morgan fingerprint density at radius 1 is 1.00 bits per heavy atom. The number of para-hydroxylation sites is 3. The van der Waals surface area contributed by atoms with Crippen molar-refractivity contribution in [3.05, 3.63) is 94.2 Å². The number of carbonyl (C=O) groups is 2. The molecule has 9 heteroatoms. The van der Waals surface area contributed by atoms with Gasteiger partial charge in [-0.1, -0.05) is 62.4 Å². The van der Waals surface area contributed by atoms with Crippen LogP contribution < -0.4 is 16.2 Å². The van der Waals surface area contributed by atoms with Crippen LogP contribution in [-0.2, 0) is 17.6 Å². The molecule has 214 valence electrons. The lowest BCUT2D eigenvalue weighted by Gasteiger charge is -2.28. The third kappa shape index (κ3) is 7.63. The molecule has 1 aliphatic carbocycles. The summed E-state index contributed by atoms with van der Waals surface area (Å²) in [6, 6.07) is 16.3. The van der Waals surface area contributed by atoms with Crippen molar-refractivity contribution < 1.29 is 19.1 Å². The Kier molecular flexibility index (Phi) is 9.13. The first-order chi connectivity index (χ1) is 19.9.